The molecule has 8 heteroatoms. The van der Waals surface area contributed by atoms with Crippen LogP contribution >= 0.6 is 11.3 Å². The zero-order chi connectivity index (χ0) is 15.4. The van der Waals surface area contributed by atoms with Crippen LogP contribution in [0.15, 0.2) is 11.1 Å². The van der Waals surface area contributed by atoms with E-state index in [2.05, 4.69) is 10.3 Å². The lowest BCUT2D eigenvalue weighted by atomic mass is 10.2. The fraction of sp³-hybridized carbons (Fsp3) is 0.462. The summed E-state index contributed by atoms with van der Waals surface area (Å²) in [6.45, 7) is 2.91. The van der Waals surface area contributed by atoms with E-state index < -0.39 is 0 Å². The summed E-state index contributed by atoms with van der Waals surface area (Å²) in [7, 11) is 1.56. The Kier molecular flexibility index (Phi) is 4.92. The molecule has 0 fully saturated rings. The number of hydrogen-bond acceptors (Lipinski definition) is 6. The molecule has 1 amide bonds. The Morgan fingerprint density at radius 2 is 2.43 bits per heavy atom. The van der Waals surface area contributed by atoms with E-state index in [9.17, 15) is 9.90 Å². The molecular formula is C13H18N4O3S. The molecule has 0 atom stereocenters. The molecular weight excluding hydrogens is 292 g/mol. The van der Waals surface area contributed by atoms with E-state index in [0.29, 0.717) is 23.7 Å². The number of thiazole rings is 1. The molecule has 0 saturated heterocycles. The standard InChI is InChI=1S/C13H18N4O3S/c1-8-7-21-13(16-8)11-9(18)5-17(12(11)14)6-10(19)15-3-4-20-2/h7,14,18H,3-6H2,1-2H3,(H,15,19). The van der Waals surface area contributed by atoms with Gasteiger partial charge in [-0.2, -0.15) is 0 Å². The Labute approximate surface area is 126 Å². The fourth-order valence-electron chi connectivity index (χ4n) is 1.98. The molecule has 0 aliphatic carbocycles. The normalized spacial score (nSPS) is 15.0. The molecule has 2 heterocycles. The van der Waals surface area contributed by atoms with Crippen molar-refractivity contribution in [1.82, 2.24) is 15.2 Å². The molecule has 21 heavy (non-hydrogen) atoms. The number of nitrogens with one attached hydrogen (secondary N) is 2. The molecule has 114 valence electrons. The van der Waals surface area contributed by atoms with Crippen molar-refractivity contribution in [3.8, 4) is 0 Å². The topological polar surface area (TPSA) is 98.5 Å². The number of aliphatic hydroxyl groups is 1. The maximum atomic E-state index is 11.8. The van der Waals surface area contributed by atoms with E-state index in [1.807, 2.05) is 12.3 Å². The Hall–Kier alpha value is -1.93. The van der Waals surface area contributed by atoms with Gasteiger partial charge in [0, 0.05) is 24.7 Å². The maximum Gasteiger partial charge on any atom is 0.239 e. The van der Waals surface area contributed by atoms with Crippen LogP contribution in [0.3, 0.4) is 0 Å². The second-order valence-corrected chi connectivity index (χ2v) is 5.52. The number of ether oxygens (including phenoxy) is 1. The second kappa shape index (κ2) is 6.68. The predicted molar refractivity (Wildman–Crippen MR) is 80.6 cm³/mol. The minimum absolute atomic E-state index is 0.0282. The minimum atomic E-state index is -0.207. The zero-order valence-corrected chi connectivity index (χ0v) is 12.8. The smallest absolute Gasteiger partial charge is 0.239 e. The first-order valence-electron chi connectivity index (χ1n) is 6.47. The molecule has 1 aromatic heterocycles. The Bertz CT molecular complexity index is 582. The summed E-state index contributed by atoms with van der Waals surface area (Å²) in [6, 6.07) is 0. The third-order valence-electron chi connectivity index (χ3n) is 2.98. The molecule has 7 nitrogen and oxygen atoms in total. The molecule has 0 unspecified atom stereocenters. The first-order chi connectivity index (χ1) is 10.0. The van der Waals surface area contributed by atoms with Gasteiger partial charge in [0.2, 0.25) is 5.91 Å². The van der Waals surface area contributed by atoms with Crippen molar-refractivity contribution in [3.63, 3.8) is 0 Å². The lowest BCUT2D eigenvalue weighted by Crippen LogP contribution is -2.39. The van der Waals surface area contributed by atoms with E-state index in [-0.39, 0.29) is 30.6 Å². The van der Waals surface area contributed by atoms with Gasteiger partial charge in [0.15, 0.2) is 0 Å². The third kappa shape index (κ3) is 3.59. The van der Waals surface area contributed by atoms with Crippen molar-refractivity contribution < 1.29 is 14.6 Å². The summed E-state index contributed by atoms with van der Waals surface area (Å²) in [5, 5.41) is 23.3. The van der Waals surface area contributed by atoms with Gasteiger partial charge in [0.25, 0.3) is 0 Å². The number of amidine groups is 1. The van der Waals surface area contributed by atoms with Crippen molar-refractivity contribution in [2.45, 2.75) is 6.92 Å². The quantitative estimate of drug-likeness (QED) is 0.674. The van der Waals surface area contributed by atoms with Crippen LogP contribution in [0.25, 0.3) is 5.57 Å². The van der Waals surface area contributed by atoms with Gasteiger partial charge in [0.05, 0.1) is 25.3 Å². The SMILES string of the molecule is COCCNC(=O)CN1CC(O)=C(c2nc(C)cs2)C1=N. The van der Waals surface area contributed by atoms with Crippen molar-refractivity contribution in [2.75, 3.05) is 33.4 Å². The van der Waals surface area contributed by atoms with Gasteiger partial charge in [0.1, 0.15) is 16.6 Å². The third-order valence-corrected chi connectivity index (χ3v) is 3.96. The largest absolute Gasteiger partial charge is 0.510 e. The van der Waals surface area contributed by atoms with Crippen LogP contribution in [-0.4, -0.2) is 60.1 Å². The Morgan fingerprint density at radius 3 is 3.05 bits per heavy atom. The van der Waals surface area contributed by atoms with Crippen LogP contribution in [-0.2, 0) is 9.53 Å². The average Bonchev–Trinajstić information content (AvgIpc) is 2.95. The highest BCUT2D eigenvalue weighted by Crippen LogP contribution is 2.29. The zero-order valence-electron chi connectivity index (χ0n) is 12.0. The first-order valence-corrected chi connectivity index (χ1v) is 7.35. The molecule has 0 saturated carbocycles. The van der Waals surface area contributed by atoms with E-state index in [1.165, 1.54) is 16.2 Å². The van der Waals surface area contributed by atoms with E-state index in [0.717, 1.165) is 5.69 Å². The molecule has 0 spiro atoms. The number of amides is 1. The Morgan fingerprint density at radius 1 is 1.67 bits per heavy atom. The summed E-state index contributed by atoms with van der Waals surface area (Å²) in [5.74, 6) is 0.00366. The van der Waals surface area contributed by atoms with Crippen LogP contribution in [0.2, 0.25) is 0 Å². The van der Waals surface area contributed by atoms with Crippen LogP contribution in [0.5, 0.6) is 0 Å². The summed E-state index contributed by atoms with van der Waals surface area (Å²) in [4.78, 5) is 17.6. The van der Waals surface area contributed by atoms with Crippen LogP contribution in [0.1, 0.15) is 10.7 Å². The number of aliphatic hydroxyl groups excluding tert-OH is 1. The van der Waals surface area contributed by atoms with Gasteiger partial charge in [-0.1, -0.05) is 0 Å². The number of hydrogen-bond donors (Lipinski definition) is 3. The van der Waals surface area contributed by atoms with E-state index in [1.54, 1.807) is 7.11 Å². The number of nitrogens with zero attached hydrogens (tertiary/aromatic N) is 2. The first kappa shape index (κ1) is 15.5. The van der Waals surface area contributed by atoms with Gasteiger partial charge < -0.3 is 20.1 Å². The second-order valence-electron chi connectivity index (χ2n) is 4.66. The van der Waals surface area contributed by atoms with Gasteiger partial charge in [-0.25, -0.2) is 4.98 Å². The van der Waals surface area contributed by atoms with Crippen molar-refractivity contribution in [3.05, 3.63) is 21.8 Å². The Balaban J connectivity index is 1.98. The van der Waals surface area contributed by atoms with Crippen LogP contribution in [0.4, 0.5) is 0 Å². The molecule has 0 aromatic carbocycles. The molecule has 1 aromatic rings. The molecule has 0 radical (unpaired) electrons. The monoisotopic (exact) mass is 310 g/mol. The highest BCUT2D eigenvalue weighted by molar-refractivity contribution is 7.11. The van der Waals surface area contributed by atoms with Crippen LogP contribution < -0.4 is 5.32 Å². The molecule has 0 bridgehead atoms. The average molecular weight is 310 g/mol. The number of carbonyl (C=O) groups excluding carboxylic acids is 1. The van der Waals surface area contributed by atoms with Gasteiger partial charge in [-0.15, -0.1) is 11.3 Å². The van der Waals surface area contributed by atoms with Crippen molar-refractivity contribution >= 4 is 28.7 Å². The summed E-state index contributed by atoms with van der Waals surface area (Å²) in [5.41, 5.74) is 1.26. The predicted octanol–water partition coefficient (Wildman–Crippen LogP) is 0.776. The van der Waals surface area contributed by atoms with Gasteiger partial charge in [-0.05, 0) is 6.92 Å². The van der Waals surface area contributed by atoms with E-state index >= 15 is 0 Å². The lowest BCUT2D eigenvalue weighted by molar-refractivity contribution is -0.121. The van der Waals surface area contributed by atoms with Gasteiger partial charge in [-0.3, -0.25) is 10.2 Å². The molecule has 3 N–H and O–H groups in total. The van der Waals surface area contributed by atoms with Crippen molar-refractivity contribution in [1.29, 1.82) is 5.41 Å². The number of carbonyl (C=O) groups is 1. The maximum absolute atomic E-state index is 11.8. The minimum Gasteiger partial charge on any atom is -0.510 e. The molecule has 1 aliphatic heterocycles. The summed E-state index contributed by atoms with van der Waals surface area (Å²) < 4.78 is 4.85. The number of methoxy groups -OCH3 is 1. The van der Waals surface area contributed by atoms with Crippen molar-refractivity contribution in [2.24, 2.45) is 0 Å². The summed E-state index contributed by atoms with van der Waals surface area (Å²) in [6.07, 6.45) is 0. The lowest BCUT2D eigenvalue weighted by Gasteiger charge is -2.17. The number of aromatic nitrogens is 1. The van der Waals surface area contributed by atoms with Gasteiger partial charge >= 0.3 is 0 Å². The highest BCUT2D eigenvalue weighted by Gasteiger charge is 2.31. The fourth-order valence-corrected chi connectivity index (χ4v) is 2.85. The molecule has 2 rings (SSSR count). The highest BCUT2D eigenvalue weighted by atomic mass is 32.1. The molecule has 1 aliphatic rings. The number of rotatable bonds is 6. The summed E-state index contributed by atoms with van der Waals surface area (Å²) >= 11 is 1.38. The number of aryl methyl sites for hydroxylation is 1. The van der Waals surface area contributed by atoms with E-state index in [4.69, 9.17) is 10.1 Å². The van der Waals surface area contributed by atoms with Crippen LogP contribution in [0, 0.1) is 12.3 Å².